The van der Waals surface area contributed by atoms with Crippen molar-refractivity contribution < 1.29 is 0 Å². The number of aromatic amines is 2. The highest BCUT2D eigenvalue weighted by molar-refractivity contribution is 5.77. The third kappa shape index (κ3) is 4.74. The van der Waals surface area contributed by atoms with Gasteiger partial charge >= 0.3 is 0 Å². The molecule has 5 nitrogen and oxygen atoms in total. The molecule has 0 saturated carbocycles. The first-order valence-electron chi connectivity index (χ1n) is 11.4. The second kappa shape index (κ2) is 8.94. The molecule has 34 heavy (non-hydrogen) atoms. The Morgan fingerprint density at radius 3 is 1.26 bits per heavy atom. The van der Waals surface area contributed by atoms with E-state index in [0.717, 1.165) is 50.5 Å². The topological polar surface area (TPSA) is 70.2 Å². The maximum atomic E-state index is 4.63. The molecule has 6 heterocycles. The van der Waals surface area contributed by atoms with Crippen molar-refractivity contribution in [2.45, 2.75) is 27.7 Å². The summed E-state index contributed by atoms with van der Waals surface area (Å²) in [6, 6.07) is 16.4. The highest BCUT2D eigenvalue weighted by Crippen LogP contribution is 2.17. The van der Waals surface area contributed by atoms with Crippen LogP contribution in [0.25, 0.3) is 46.4 Å². The van der Waals surface area contributed by atoms with Crippen LogP contribution in [-0.4, -0.2) is 24.9 Å². The molecule has 4 aromatic heterocycles. The molecule has 0 aliphatic carbocycles. The molecule has 8 bridgehead atoms. The van der Waals surface area contributed by atoms with Gasteiger partial charge in [0.05, 0.1) is 22.8 Å². The quantitative estimate of drug-likeness (QED) is 0.265. The third-order valence-corrected chi connectivity index (χ3v) is 6.19. The summed E-state index contributed by atoms with van der Waals surface area (Å²) in [4.78, 5) is 20.3. The second-order valence-corrected chi connectivity index (χ2v) is 8.68. The molecule has 2 N–H and O–H groups in total. The summed E-state index contributed by atoms with van der Waals surface area (Å²) in [7, 11) is 0. The molecule has 0 fully saturated rings. The summed E-state index contributed by atoms with van der Waals surface area (Å²) >= 11 is 0. The molecule has 0 radical (unpaired) electrons. The first-order valence-corrected chi connectivity index (χ1v) is 11.4. The van der Waals surface area contributed by atoms with E-state index < -0.39 is 0 Å². The van der Waals surface area contributed by atoms with Crippen LogP contribution in [0.15, 0.2) is 54.7 Å². The SMILES string of the molecule is C1=Cc2cc3ccc(cc4nc(cc5ccc(cc1n2)[nH]5)C=C4)[nH]3.Cc1cnc(C)c(C)c1C. The summed E-state index contributed by atoms with van der Waals surface area (Å²) in [5, 5.41) is 0. The predicted molar refractivity (Wildman–Crippen MR) is 142 cm³/mol. The van der Waals surface area contributed by atoms with E-state index in [1.54, 1.807) is 0 Å². The number of hydrogen-bond donors (Lipinski definition) is 2. The van der Waals surface area contributed by atoms with Gasteiger partial charge in [0.15, 0.2) is 0 Å². The van der Waals surface area contributed by atoms with Crippen LogP contribution in [-0.2, 0) is 0 Å². The first kappa shape index (κ1) is 21.6. The lowest BCUT2D eigenvalue weighted by molar-refractivity contribution is 1.09. The summed E-state index contributed by atoms with van der Waals surface area (Å²) in [5.41, 5.74) is 13.0. The van der Waals surface area contributed by atoms with Gasteiger partial charge in [-0.1, -0.05) is 0 Å². The molecule has 0 aromatic carbocycles. The van der Waals surface area contributed by atoms with Crippen molar-refractivity contribution in [3.8, 4) is 0 Å². The number of aryl methyl sites for hydroxylation is 2. The second-order valence-electron chi connectivity index (χ2n) is 8.68. The van der Waals surface area contributed by atoms with Crippen molar-refractivity contribution >= 4 is 46.4 Å². The molecule has 2 aliphatic heterocycles. The summed E-state index contributed by atoms with van der Waals surface area (Å²) in [6.45, 7) is 8.39. The normalized spacial score (nSPS) is 11.9. The van der Waals surface area contributed by atoms with Crippen molar-refractivity contribution in [1.82, 2.24) is 24.9 Å². The number of hydrogen-bond acceptors (Lipinski definition) is 3. The Morgan fingerprint density at radius 2 is 0.912 bits per heavy atom. The van der Waals surface area contributed by atoms with Gasteiger partial charge in [0.2, 0.25) is 0 Å². The molecular formula is C29H27N5. The Labute approximate surface area is 199 Å². The van der Waals surface area contributed by atoms with Gasteiger partial charge in [-0.05, 0) is 117 Å². The van der Waals surface area contributed by atoms with E-state index in [1.807, 2.05) is 61.7 Å². The van der Waals surface area contributed by atoms with Crippen molar-refractivity contribution in [3.05, 3.63) is 99.9 Å². The van der Waals surface area contributed by atoms with Crippen LogP contribution < -0.4 is 0 Å². The minimum atomic E-state index is 0.939. The van der Waals surface area contributed by atoms with Crippen molar-refractivity contribution in [2.24, 2.45) is 0 Å². The number of rotatable bonds is 0. The maximum absolute atomic E-state index is 4.63. The van der Waals surface area contributed by atoms with Crippen molar-refractivity contribution in [1.29, 1.82) is 0 Å². The smallest absolute Gasteiger partial charge is 0.0658 e. The lowest BCUT2D eigenvalue weighted by atomic mass is 10.1. The minimum Gasteiger partial charge on any atom is -0.355 e. The highest BCUT2D eigenvalue weighted by Gasteiger charge is 2.01. The fourth-order valence-electron chi connectivity index (χ4n) is 3.90. The van der Waals surface area contributed by atoms with Gasteiger partial charge in [-0.15, -0.1) is 0 Å². The average Bonchev–Trinajstić information content (AvgIpc) is 3.61. The largest absolute Gasteiger partial charge is 0.355 e. The van der Waals surface area contributed by atoms with Gasteiger partial charge in [-0.2, -0.15) is 0 Å². The summed E-state index contributed by atoms with van der Waals surface area (Å²) in [5.74, 6) is 0. The number of fused-ring (bicyclic) bond motifs is 8. The highest BCUT2D eigenvalue weighted by atomic mass is 14.8. The lowest BCUT2D eigenvalue weighted by Crippen LogP contribution is -1.92. The van der Waals surface area contributed by atoms with Gasteiger partial charge in [0.1, 0.15) is 0 Å². The molecule has 4 aromatic rings. The Kier molecular flexibility index (Phi) is 5.68. The number of nitrogens with one attached hydrogen (secondary N) is 2. The summed E-state index contributed by atoms with van der Waals surface area (Å²) < 4.78 is 0. The molecule has 168 valence electrons. The van der Waals surface area contributed by atoms with Crippen LogP contribution in [0.4, 0.5) is 0 Å². The van der Waals surface area contributed by atoms with Crippen LogP contribution in [0, 0.1) is 27.7 Å². The van der Waals surface area contributed by atoms with E-state index >= 15 is 0 Å². The number of H-pyrrole nitrogens is 2. The predicted octanol–water partition coefficient (Wildman–Crippen LogP) is 6.97. The molecule has 2 aliphatic rings. The van der Waals surface area contributed by atoms with Crippen LogP contribution in [0.1, 0.15) is 45.2 Å². The molecule has 0 amide bonds. The zero-order valence-corrected chi connectivity index (χ0v) is 19.8. The number of aromatic nitrogens is 5. The van der Waals surface area contributed by atoms with Gasteiger partial charge in [-0.3, -0.25) is 4.98 Å². The zero-order valence-electron chi connectivity index (χ0n) is 19.8. The van der Waals surface area contributed by atoms with E-state index in [1.165, 1.54) is 16.7 Å². The Hall–Kier alpha value is -4.25. The third-order valence-electron chi connectivity index (χ3n) is 6.19. The van der Waals surface area contributed by atoms with Gasteiger partial charge < -0.3 is 9.97 Å². The van der Waals surface area contributed by atoms with Crippen LogP contribution in [0.2, 0.25) is 0 Å². The van der Waals surface area contributed by atoms with Gasteiger partial charge in [-0.25, -0.2) is 9.97 Å². The summed E-state index contributed by atoms with van der Waals surface area (Å²) in [6.07, 6.45) is 10.0. The Bertz CT molecular complexity index is 1400. The molecule has 0 saturated heterocycles. The van der Waals surface area contributed by atoms with Crippen molar-refractivity contribution in [2.75, 3.05) is 0 Å². The standard InChI is InChI=1S/C20H14N4.C9H13N/c1-2-14-10-16-5-6-18(23-16)12-20-8-7-19(24-20)11-17-4-3-15(22-17)9-13(1)21-14;1-6-5-10-9(4)8(3)7(6)2/h1-12,21,24H;5H,1-4H3. The number of nitrogens with zero attached hydrogens (tertiary/aromatic N) is 3. The van der Waals surface area contributed by atoms with E-state index in [2.05, 4.69) is 70.0 Å². The first-order chi connectivity index (χ1) is 16.4. The van der Waals surface area contributed by atoms with Crippen LogP contribution in [0.5, 0.6) is 0 Å². The maximum Gasteiger partial charge on any atom is 0.0658 e. The van der Waals surface area contributed by atoms with E-state index in [4.69, 9.17) is 0 Å². The fourth-order valence-corrected chi connectivity index (χ4v) is 3.90. The molecular weight excluding hydrogens is 418 g/mol. The van der Waals surface area contributed by atoms with E-state index in [-0.39, 0.29) is 0 Å². The van der Waals surface area contributed by atoms with Crippen LogP contribution >= 0.6 is 0 Å². The minimum absolute atomic E-state index is 0.939. The van der Waals surface area contributed by atoms with Gasteiger partial charge in [0.25, 0.3) is 0 Å². The van der Waals surface area contributed by atoms with Crippen LogP contribution in [0.3, 0.4) is 0 Å². The lowest BCUT2D eigenvalue weighted by Gasteiger charge is -2.05. The van der Waals surface area contributed by atoms with Gasteiger partial charge in [0, 0.05) is 34.0 Å². The zero-order chi connectivity index (χ0) is 23.7. The van der Waals surface area contributed by atoms with E-state index in [9.17, 15) is 0 Å². The number of pyridine rings is 1. The Morgan fingerprint density at radius 1 is 0.529 bits per heavy atom. The monoisotopic (exact) mass is 445 g/mol. The van der Waals surface area contributed by atoms with E-state index in [0.29, 0.717) is 0 Å². The fraction of sp³-hybridized carbons (Fsp3) is 0.138. The molecule has 5 heteroatoms. The molecule has 6 rings (SSSR count). The molecule has 0 unspecified atom stereocenters. The molecule has 0 spiro atoms. The average molecular weight is 446 g/mol. The Balaban J connectivity index is 0.000000204. The van der Waals surface area contributed by atoms with Crippen molar-refractivity contribution in [3.63, 3.8) is 0 Å². The molecule has 0 atom stereocenters.